The first-order valence-corrected chi connectivity index (χ1v) is 9.19. The summed E-state index contributed by atoms with van der Waals surface area (Å²) in [5.74, 6) is 0.480. The number of amides is 2. The molecule has 6 nitrogen and oxygen atoms in total. The summed E-state index contributed by atoms with van der Waals surface area (Å²) in [5, 5.41) is 5.95. The van der Waals surface area contributed by atoms with E-state index in [0.29, 0.717) is 11.6 Å². The Morgan fingerprint density at radius 2 is 1.81 bits per heavy atom. The molecule has 26 heavy (non-hydrogen) atoms. The molecule has 0 aliphatic carbocycles. The van der Waals surface area contributed by atoms with Gasteiger partial charge in [-0.25, -0.2) is 0 Å². The molecule has 1 aromatic heterocycles. The van der Waals surface area contributed by atoms with E-state index in [1.807, 2.05) is 36.4 Å². The number of carbonyl (C=O) groups excluding carboxylic acids is 2. The minimum absolute atomic E-state index is 0.0372. The third-order valence-electron chi connectivity index (χ3n) is 5.42. The quantitative estimate of drug-likeness (QED) is 0.791. The van der Waals surface area contributed by atoms with Crippen LogP contribution in [0.15, 0.2) is 36.4 Å². The molecular formula is C20H24N4O2. The van der Waals surface area contributed by atoms with Crippen molar-refractivity contribution in [2.45, 2.75) is 25.8 Å². The summed E-state index contributed by atoms with van der Waals surface area (Å²) >= 11 is 0. The second-order valence-electron chi connectivity index (χ2n) is 7.26. The smallest absolute Gasteiger partial charge is 0.267 e. The van der Waals surface area contributed by atoms with Gasteiger partial charge in [-0.1, -0.05) is 12.1 Å². The Labute approximate surface area is 153 Å². The zero-order valence-corrected chi connectivity index (χ0v) is 14.9. The van der Waals surface area contributed by atoms with Gasteiger partial charge in [0.15, 0.2) is 0 Å². The highest BCUT2D eigenvalue weighted by Gasteiger charge is 2.35. The monoisotopic (exact) mass is 352 g/mol. The molecule has 0 unspecified atom stereocenters. The van der Waals surface area contributed by atoms with Crippen LogP contribution in [0.1, 0.15) is 30.3 Å². The van der Waals surface area contributed by atoms with Gasteiger partial charge >= 0.3 is 0 Å². The maximum absolute atomic E-state index is 12.6. The lowest BCUT2D eigenvalue weighted by Crippen LogP contribution is -2.57. The van der Waals surface area contributed by atoms with Crippen molar-refractivity contribution in [1.29, 1.82) is 0 Å². The second kappa shape index (κ2) is 6.96. The number of aromatic nitrogens is 1. The first-order valence-electron chi connectivity index (χ1n) is 9.19. The van der Waals surface area contributed by atoms with Gasteiger partial charge in [-0.05, 0) is 61.7 Å². The van der Waals surface area contributed by atoms with E-state index >= 15 is 0 Å². The minimum Gasteiger partial charge on any atom is -0.351 e. The molecule has 3 aliphatic rings. The van der Waals surface area contributed by atoms with Crippen LogP contribution >= 0.6 is 0 Å². The molecule has 6 heteroatoms. The molecule has 0 spiro atoms. The van der Waals surface area contributed by atoms with Crippen molar-refractivity contribution in [3.63, 3.8) is 0 Å². The standard InChI is InChI=1S/C20H24N4O2/c1-13(25)21-16-4-2-14(3-5-16)17-6-7-18(22-17)20(26)23-19-12-24-10-8-15(19)9-11-24/h2-7,15,19,22H,8-12H2,1H3,(H,21,25)(H,23,26)/t19-/m0/s1. The summed E-state index contributed by atoms with van der Waals surface area (Å²) in [7, 11) is 0. The summed E-state index contributed by atoms with van der Waals surface area (Å²) in [5.41, 5.74) is 3.20. The Kier molecular flexibility index (Phi) is 4.51. The fraction of sp³-hybridized carbons (Fsp3) is 0.400. The van der Waals surface area contributed by atoms with E-state index < -0.39 is 0 Å². The number of H-pyrrole nitrogens is 1. The molecule has 1 aromatic carbocycles. The van der Waals surface area contributed by atoms with Crippen LogP contribution in [0, 0.1) is 5.92 Å². The van der Waals surface area contributed by atoms with Gasteiger partial charge in [-0.15, -0.1) is 0 Å². The summed E-state index contributed by atoms with van der Waals surface area (Å²) in [4.78, 5) is 29.3. The lowest BCUT2D eigenvalue weighted by molar-refractivity contribution is -0.114. The van der Waals surface area contributed by atoms with Gasteiger partial charge in [0.05, 0.1) is 0 Å². The normalized spacial score (nSPS) is 24.3. The molecule has 2 bridgehead atoms. The highest BCUT2D eigenvalue weighted by molar-refractivity contribution is 5.93. The Bertz CT molecular complexity index is 803. The number of hydrogen-bond donors (Lipinski definition) is 3. The molecule has 0 saturated carbocycles. The molecule has 2 aromatic rings. The average Bonchev–Trinajstić information content (AvgIpc) is 3.13. The summed E-state index contributed by atoms with van der Waals surface area (Å²) in [6.07, 6.45) is 2.36. The zero-order valence-electron chi connectivity index (χ0n) is 14.9. The van der Waals surface area contributed by atoms with Gasteiger partial charge in [0, 0.05) is 30.9 Å². The van der Waals surface area contributed by atoms with Gasteiger partial charge in [-0.2, -0.15) is 0 Å². The number of nitrogens with one attached hydrogen (secondary N) is 3. The van der Waals surface area contributed by atoms with E-state index in [0.717, 1.165) is 36.6 Å². The summed E-state index contributed by atoms with van der Waals surface area (Å²) in [6, 6.07) is 11.5. The van der Waals surface area contributed by atoms with Gasteiger partial charge < -0.3 is 20.5 Å². The number of benzene rings is 1. The first-order chi connectivity index (χ1) is 12.6. The maximum Gasteiger partial charge on any atom is 0.267 e. The Morgan fingerprint density at radius 3 is 2.42 bits per heavy atom. The van der Waals surface area contributed by atoms with E-state index in [1.54, 1.807) is 0 Å². The summed E-state index contributed by atoms with van der Waals surface area (Å²) in [6.45, 7) is 4.78. The molecule has 3 fully saturated rings. The zero-order chi connectivity index (χ0) is 18.1. The lowest BCUT2D eigenvalue weighted by atomic mass is 9.84. The molecule has 5 rings (SSSR count). The van der Waals surface area contributed by atoms with Gasteiger partial charge in [0.25, 0.3) is 5.91 Å². The van der Waals surface area contributed by atoms with Crippen molar-refractivity contribution in [1.82, 2.24) is 15.2 Å². The van der Waals surface area contributed by atoms with Gasteiger partial charge in [0.1, 0.15) is 5.69 Å². The van der Waals surface area contributed by atoms with Crippen molar-refractivity contribution in [3.8, 4) is 11.3 Å². The Balaban J connectivity index is 1.42. The van der Waals surface area contributed by atoms with Crippen LogP contribution in [-0.4, -0.2) is 47.4 Å². The molecule has 0 radical (unpaired) electrons. The number of anilines is 1. The number of nitrogens with zero attached hydrogens (tertiary/aromatic N) is 1. The minimum atomic E-state index is -0.0932. The average molecular weight is 352 g/mol. The van der Waals surface area contributed by atoms with Crippen LogP contribution in [-0.2, 0) is 4.79 Å². The van der Waals surface area contributed by atoms with E-state index in [9.17, 15) is 9.59 Å². The number of carbonyl (C=O) groups is 2. The van der Waals surface area contributed by atoms with Gasteiger partial charge in [0.2, 0.25) is 5.91 Å². The van der Waals surface area contributed by atoms with Gasteiger partial charge in [-0.3, -0.25) is 9.59 Å². The van der Waals surface area contributed by atoms with Crippen LogP contribution in [0.3, 0.4) is 0 Å². The number of rotatable bonds is 4. The fourth-order valence-electron chi connectivity index (χ4n) is 4.01. The largest absolute Gasteiger partial charge is 0.351 e. The van der Waals surface area contributed by atoms with E-state index in [2.05, 4.69) is 20.5 Å². The third-order valence-corrected chi connectivity index (χ3v) is 5.42. The number of hydrogen-bond acceptors (Lipinski definition) is 3. The van der Waals surface area contributed by atoms with Crippen LogP contribution in [0.5, 0.6) is 0 Å². The summed E-state index contributed by atoms with van der Waals surface area (Å²) < 4.78 is 0. The van der Waals surface area contributed by atoms with E-state index in [-0.39, 0.29) is 17.9 Å². The SMILES string of the molecule is CC(=O)Nc1ccc(-c2ccc(C(=O)N[C@H]3CN4CCC3CC4)[nH]2)cc1. The topological polar surface area (TPSA) is 77.2 Å². The van der Waals surface area contributed by atoms with Crippen molar-refractivity contribution in [2.75, 3.05) is 25.0 Å². The van der Waals surface area contributed by atoms with Crippen LogP contribution < -0.4 is 10.6 Å². The molecule has 3 aliphatic heterocycles. The fourth-order valence-corrected chi connectivity index (χ4v) is 4.01. The molecule has 4 heterocycles. The van der Waals surface area contributed by atoms with E-state index in [1.165, 1.54) is 19.8 Å². The molecule has 1 atom stereocenters. The second-order valence-corrected chi connectivity index (χ2v) is 7.26. The third kappa shape index (κ3) is 3.51. The molecule has 2 amide bonds. The van der Waals surface area contributed by atoms with Crippen molar-refractivity contribution in [2.24, 2.45) is 5.92 Å². The van der Waals surface area contributed by atoms with Crippen LogP contribution in [0.25, 0.3) is 11.3 Å². The van der Waals surface area contributed by atoms with Crippen LogP contribution in [0.4, 0.5) is 5.69 Å². The molecule has 3 saturated heterocycles. The number of piperidine rings is 3. The number of aromatic amines is 1. The lowest BCUT2D eigenvalue weighted by Gasteiger charge is -2.44. The predicted molar refractivity (Wildman–Crippen MR) is 101 cm³/mol. The molecule has 3 N–H and O–H groups in total. The number of fused-ring (bicyclic) bond motifs is 3. The van der Waals surface area contributed by atoms with Crippen molar-refractivity contribution < 1.29 is 9.59 Å². The van der Waals surface area contributed by atoms with Crippen LogP contribution in [0.2, 0.25) is 0 Å². The molecular weight excluding hydrogens is 328 g/mol. The van der Waals surface area contributed by atoms with E-state index in [4.69, 9.17) is 0 Å². The molecule has 136 valence electrons. The Hall–Kier alpha value is -2.60. The Morgan fingerprint density at radius 1 is 1.08 bits per heavy atom. The first kappa shape index (κ1) is 16.8. The van der Waals surface area contributed by atoms with Crippen molar-refractivity contribution >= 4 is 17.5 Å². The van der Waals surface area contributed by atoms with Crippen molar-refractivity contribution in [3.05, 3.63) is 42.1 Å². The predicted octanol–water partition coefficient (Wildman–Crippen LogP) is 2.46. The highest BCUT2D eigenvalue weighted by atomic mass is 16.2. The maximum atomic E-state index is 12.6. The highest BCUT2D eigenvalue weighted by Crippen LogP contribution is 2.28.